The summed E-state index contributed by atoms with van der Waals surface area (Å²) in [4.78, 5) is 21.7. The van der Waals surface area contributed by atoms with Crippen molar-refractivity contribution in [3.8, 4) is 0 Å². The van der Waals surface area contributed by atoms with E-state index in [4.69, 9.17) is 0 Å². The van der Waals surface area contributed by atoms with E-state index in [2.05, 4.69) is 4.98 Å². The molecule has 142 valence electrons. The fourth-order valence-electron chi connectivity index (χ4n) is 3.32. The van der Waals surface area contributed by atoms with Gasteiger partial charge in [0.15, 0.2) is 15.0 Å². The maximum Gasteiger partial charge on any atom is 0.231 e. The monoisotopic (exact) mass is 395 g/mol. The van der Waals surface area contributed by atoms with E-state index in [0.717, 1.165) is 36.9 Å². The lowest BCUT2D eigenvalue weighted by atomic mass is 10.1. The van der Waals surface area contributed by atoms with Crippen molar-refractivity contribution in [3.05, 3.63) is 18.2 Å². The molecule has 1 aliphatic carbocycles. The molecule has 0 N–H and O–H groups in total. The Kier molecular flexibility index (Phi) is 5.64. The molecule has 1 amide bonds. The fraction of sp³-hybridized carbons (Fsp3) is 0.556. The maximum absolute atomic E-state index is 13.1. The fourth-order valence-corrected chi connectivity index (χ4v) is 5.24. The van der Waals surface area contributed by atoms with Crippen LogP contribution in [0.5, 0.6) is 0 Å². The molecule has 1 aliphatic rings. The number of sulfone groups is 1. The van der Waals surface area contributed by atoms with Gasteiger partial charge in [0.05, 0.1) is 9.60 Å². The number of fused-ring (bicyclic) bond motifs is 1. The first-order valence-corrected chi connectivity index (χ1v) is 11.5. The second kappa shape index (κ2) is 7.62. The summed E-state index contributed by atoms with van der Waals surface area (Å²) in [5, 5.41) is 0.592. The first kappa shape index (κ1) is 19.3. The minimum Gasteiger partial charge on any atom is -0.308 e. The van der Waals surface area contributed by atoms with E-state index >= 15 is 0 Å². The second-order valence-electron chi connectivity index (χ2n) is 7.15. The molecule has 1 aromatic heterocycles. The van der Waals surface area contributed by atoms with Crippen LogP contribution in [-0.2, 0) is 14.6 Å². The zero-order valence-corrected chi connectivity index (χ0v) is 17.1. The Morgan fingerprint density at radius 1 is 1.23 bits per heavy atom. The minimum atomic E-state index is -3.37. The molecule has 2 aromatic rings. The van der Waals surface area contributed by atoms with Crippen molar-refractivity contribution in [2.24, 2.45) is 5.92 Å². The molecule has 0 radical (unpaired) electrons. The van der Waals surface area contributed by atoms with Crippen LogP contribution in [0, 0.1) is 5.92 Å². The van der Waals surface area contributed by atoms with Crippen molar-refractivity contribution >= 4 is 42.4 Å². The van der Waals surface area contributed by atoms with Gasteiger partial charge < -0.3 is 4.90 Å². The molecule has 0 unspecified atom stereocenters. The summed E-state index contributed by atoms with van der Waals surface area (Å²) in [5.41, 5.74) is 0.462. The second-order valence-corrected chi connectivity index (χ2v) is 10.1. The van der Waals surface area contributed by atoms with Gasteiger partial charge in [-0.25, -0.2) is 13.4 Å². The third-order valence-electron chi connectivity index (χ3n) is 4.74. The normalized spacial score (nSPS) is 15.8. The van der Waals surface area contributed by atoms with Gasteiger partial charge in [-0.3, -0.25) is 9.69 Å². The Morgan fingerprint density at radius 2 is 1.92 bits per heavy atom. The lowest BCUT2D eigenvalue weighted by Gasteiger charge is -2.24. The highest BCUT2D eigenvalue weighted by atomic mass is 32.2. The number of hydrogen-bond donors (Lipinski definition) is 0. The van der Waals surface area contributed by atoms with Crippen LogP contribution in [0.15, 0.2) is 23.1 Å². The van der Waals surface area contributed by atoms with Gasteiger partial charge in [-0.2, -0.15) is 0 Å². The number of hydrogen-bond acceptors (Lipinski definition) is 6. The smallest absolute Gasteiger partial charge is 0.231 e. The predicted octanol–water partition coefficient (Wildman–Crippen LogP) is 2.78. The molecule has 0 aliphatic heterocycles. The van der Waals surface area contributed by atoms with Crippen LogP contribution in [0.1, 0.15) is 25.7 Å². The van der Waals surface area contributed by atoms with Crippen LogP contribution >= 0.6 is 11.3 Å². The molecule has 3 rings (SSSR count). The van der Waals surface area contributed by atoms with E-state index in [1.54, 1.807) is 17.0 Å². The lowest BCUT2D eigenvalue weighted by molar-refractivity contribution is -0.122. The SMILES string of the molecule is CN(C)CCN(C(=O)C1CCCC1)c1nc2c(S(C)(=O)=O)cccc2s1. The standard InChI is InChI=1S/C18H25N3O3S2/c1-20(2)11-12-21(17(22)13-7-4-5-8-13)18-19-16-14(25-18)9-6-10-15(16)26(3,23)24/h6,9-10,13H,4-5,7-8,11-12H2,1-3H3. The van der Waals surface area contributed by atoms with Crippen molar-refractivity contribution < 1.29 is 13.2 Å². The Labute approximate surface area is 158 Å². The van der Waals surface area contributed by atoms with Gasteiger partial charge >= 0.3 is 0 Å². The van der Waals surface area contributed by atoms with Gasteiger partial charge in [0.1, 0.15) is 5.52 Å². The highest BCUT2D eigenvalue weighted by Crippen LogP contribution is 2.35. The highest BCUT2D eigenvalue weighted by Gasteiger charge is 2.30. The summed E-state index contributed by atoms with van der Waals surface area (Å²) < 4.78 is 24.9. The topological polar surface area (TPSA) is 70.6 Å². The molecule has 1 aromatic carbocycles. The van der Waals surface area contributed by atoms with Crippen molar-refractivity contribution in [2.45, 2.75) is 30.6 Å². The first-order chi connectivity index (χ1) is 12.3. The molecule has 0 bridgehead atoms. The molecule has 8 heteroatoms. The van der Waals surface area contributed by atoms with Crippen LogP contribution in [0.25, 0.3) is 10.2 Å². The Bertz CT molecular complexity index is 900. The number of rotatable bonds is 6. The molecular formula is C18H25N3O3S2. The van der Waals surface area contributed by atoms with E-state index in [-0.39, 0.29) is 16.7 Å². The first-order valence-electron chi connectivity index (χ1n) is 8.83. The van der Waals surface area contributed by atoms with Gasteiger partial charge in [0, 0.05) is 25.3 Å². The number of benzene rings is 1. The average molecular weight is 396 g/mol. The van der Waals surface area contributed by atoms with E-state index in [0.29, 0.717) is 17.2 Å². The number of carbonyl (C=O) groups excluding carboxylic acids is 1. The third-order valence-corrected chi connectivity index (χ3v) is 6.91. The molecule has 0 atom stereocenters. The van der Waals surface area contributed by atoms with Crippen molar-refractivity contribution in [1.29, 1.82) is 0 Å². The molecule has 1 fully saturated rings. The highest BCUT2D eigenvalue weighted by molar-refractivity contribution is 7.91. The summed E-state index contributed by atoms with van der Waals surface area (Å²) in [6, 6.07) is 5.16. The third kappa shape index (κ3) is 4.07. The number of nitrogens with zero attached hydrogens (tertiary/aromatic N) is 3. The van der Waals surface area contributed by atoms with E-state index in [1.807, 2.05) is 25.1 Å². The molecule has 6 nitrogen and oxygen atoms in total. The number of thiazole rings is 1. The Balaban J connectivity index is 2.01. The van der Waals surface area contributed by atoms with Crippen molar-refractivity contribution in [1.82, 2.24) is 9.88 Å². The summed E-state index contributed by atoms with van der Waals surface area (Å²) >= 11 is 1.39. The Morgan fingerprint density at radius 3 is 2.54 bits per heavy atom. The summed E-state index contributed by atoms with van der Waals surface area (Å²) in [6.07, 6.45) is 5.23. The summed E-state index contributed by atoms with van der Waals surface area (Å²) in [6.45, 7) is 1.28. The quantitative estimate of drug-likeness (QED) is 0.752. The van der Waals surface area contributed by atoms with E-state index < -0.39 is 9.84 Å². The molecule has 1 heterocycles. The van der Waals surface area contributed by atoms with Gasteiger partial charge in [0.25, 0.3) is 0 Å². The van der Waals surface area contributed by atoms with Crippen LogP contribution in [-0.4, -0.2) is 57.6 Å². The summed E-state index contributed by atoms with van der Waals surface area (Å²) in [5.74, 6) is 0.169. The van der Waals surface area contributed by atoms with Crippen LogP contribution in [0.4, 0.5) is 5.13 Å². The molecular weight excluding hydrogens is 370 g/mol. The molecule has 1 saturated carbocycles. The van der Waals surface area contributed by atoms with Crippen LogP contribution in [0.2, 0.25) is 0 Å². The largest absolute Gasteiger partial charge is 0.308 e. The molecule has 0 spiro atoms. The minimum absolute atomic E-state index is 0.0542. The number of amides is 1. The van der Waals surface area contributed by atoms with Crippen molar-refractivity contribution in [3.63, 3.8) is 0 Å². The molecule has 0 saturated heterocycles. The number of likely N-dealkylation sites (N-methyl/N-ethyl adjacent to an activating group) is 1. The van der Waals surface area contributed by atoms with Gasteiger partial charge in [0.2, 0.25) is 5.91 Å². The van der Waals surface area contributed by atoms with E-state index in [1.165, 1.54) is 17.6 Å². The Hall–Kier alpha value is -1.51. The van der Waals surface area contributed by atoms with Crippen LogP contribution < -0.4 is 4.90 Å². The summed E-state index contributed by atoms with van der Waals surface area (Å²) in [7, 11) is 0.570. The predicted molar refractivity (Wildman–Crippen MR) is 106 cm³/mol. The number of carbonyl (C=O) groups is 1. The van der Waals surface area contributed by atoms with Gasteiger partial charge in [-0.1, -0.05) is 30.2 Å². The van der Waals surface area contributed by atoms with Gasteiger partial charge in [-0.15, -0.1) is 0 Å². The lowest BCUT2D eigenvalue weighted by Crippen LogP contribution is -2.39. The average Bonchev–Trinajstić information content (AvgIpc) is 3.22. The zero-order valence-electron chi connectivity index (χ0n) is 15.4. The number of aromatic nitrogens is 1. The number of anilines is 1. The number of para-hydroxylation sites is 1. The van der Waals surface area contributed by atoms with Gasteiger partial charge in [-0.05, 0) is 39.1 Å². The van der Waals surface area contributed by atoms with Crippen LogP contribution in [0.3, 0.4) is 0 Å². The maximum atomic E-state index is 13.1. The molecule has 26 heavy (non-hydrogen) atoms. The van der Waals surface area contributed by atoms with Crippen molar-refractivity contribution in [2.75, 3.05) is 38.3 Å². The van der Waals surface area contributed by atoms with E-state index in [9.17, 15) is 13.2 Å². The zero-order chi connectivity index (χ0) is 18.9.